The molecule has 196 valence electrons. The van der Waals surface area contributed by atoms with Crippen molar-refractivity contribution in [1.29, 1.82) is 0 Å². The minimum Gasteiger partial charge on any atom is -0.358 e. The summed E-state index contributed by atoms with van der Waals surface area (Å²) in [5.41, 5.74) is 7.78. The molecule has 39 heavy (non-hydrogen) atoms. The molecule has 5 rings (SSSR count). The van der Waals surface area contributed by atoms with Crippen LogP contribution in [-0.2, 0) is 0 Å². The van der Waals surface area contributed by atoms with Crippen molar-refractivity contribution < 1.29 is 4.39 Å². The van der Waals surface area contributed by atoms with E-state index in [2.05, 4.69) is 63.5 Å². The van der Waals surface area contributed by atoms with Crippen LogP contribution in [0.15, 0.2) is 79.4 Å². The fourth-order valence-corrected chi connectivity index (χ4v) is 4.56. The van der Waals surface area contributed by atoms with E-state index in [1.54, 1.807) is 18.5 Å². The van der Waals surface area contributed by atoms with Crippen molar-refractivity contribution >= 4 is 34.8 Å². The number of rotatable bonds is 8. The van der Waals surface area contributed by atoms with E-state index in [9.17, 15) is 4.39 Å². The van der Waals surface area contributed by atoms with Gasteiger partial charge in [0.15, 0.2) is 0 Å². The Morgan fingerprint density at radius 2 is 1.97 bits per heavy atom. The van der Waals surface area contributed by atoms with E-state index in [1.807, 2.05) is 43.5 Å². The van der Waals surface area contributed by atoms with Crippen LogP contribution in [0.3, 0.4) is 0 Å². The normalized spacial score (nSPS) is 12.4. The molecular weight excluding hydrogens is 487 g/mol. The van der Waals surface area contributed by atoms with Crippen LogP contribution in [0.25, 0.3) is 51.8 Å². The lowest BCUT2D eigenvalue weighted by Crippen LogP contribution is -2.21. The first-order chi connectivity index (χ1) is 18.8. The quantitative estimate of drug-likeness (QED) is 0.221. The lowest BCUT2D eigenvalue weighted by atomic mass is 10.1. The van der Waals surface area contributed by atoms with Gasteiger partial charge in [0.2, 0.25) is 0 Å². The number of nitrogens with zero attached hydrogens (tertiary/aromatic N) is 3. The fourth-order valence-electron chi connectivity index (χ4n) is 4.56. The zero-order chi connectivity index (χ0) is 27.5. The highest BCUT2D eigenvalue weighted by molar-refractivity contribution is 5.96. The number of fused-ring (bicyclic) bond motifs is 1. The van der Waals surface area contributed by atoms with Gasteiger partial charge in [-0.15, -0.1) is 0 Å². The molecule has 7 heteroatoms. The summed E-state index contributed by atoms with van der Waals surface area (Å²) in [6, 6.07) is 12.4. The summed E-state index contributed by atoms with van der Waals surface area (Å²) >= 11 is 0. The number of hydrogen-bond acceptors (Lipinski definition) is 4. The first-order valence-corrected chi connectivity index (χ1v) is 12.8. The number of halogens is 1. The standard InChI is InChI=1S/C32H31FN6/c1-19(2)13-21(4)36-26-15-24(17-34-18-26)20(3)9-10-28-22(5)31(39-38-28)30-16-27-29(37-30)11-12-35-32(27)23-7-6-8-25(33)14-23/h6-12,14-19,36-38H,4-5,13H2,1-3H3/b20-9+,28-10+. The van der Waals surface area contributed by atoms with Crippen LogP contribution in [-0.4, -0.2) is 25.1 Å². The van der Waals surface area contributed by atoms with Crippen LogP contribution in [0.1, 0.15) is 32.8 Å². The molecule has 0 aliphatic heterocycles. The Bertz CT molecular complexity index is 1810. The van der Waals surface area contributed by atoms with Crippen LogP contribution >= 0.6 is 0 Å². The van der Waals surface area contributed by atoms with Gasteiger partial charge in [0.25, 0.3) is 0 Å². The van der Waals surface area contributed by atoms with Gasteiger partial charge in [-0.05, 0) is 66.8 Å². The number of allylic oxidation sites excluding steroid dienone is 3. The minimum absolute atomic E-state index is 0.298. The fraction of sp³-hybridized carbons (Fsp3) is 0.156. The summed E-state index contributed by atoms with van der Waals surface area (Å²) in [4.78, 5) is 12.3. The second-order valence-electron chi connectivity index (χ2n) is 10.1. The Morgan fingerprint density at radius 3 is 2.77 bits per heavy atom. The van der Waals surface area contributed by atoms with Gasteiger partial charge in [0.1, 0.15) is 11.5 Å². The molecule has 0 fully saturated rings. The number of aromatic amines is 2. The predicted molar refractivity (Wildman–Crippen MR) is 158 cm³/mol. The first-order valence-electron chi connectivity index (χ1n) is 12.8. The van der Waals surface area contributed by atoms with E-state index >= 15 is 0 Å². The molecule has 3 N–H and O–H groups in total. The number of hydrogen-bond donors (Lipinski definition) is 3. The van der Waals surface area contributed by atoms with E-state index in [0.717, 1.165) is 61.7 Å². The molecule has 5 aromatic rings. The van der Waals surface area contributed by atoms with Crippen LogP contribution in [0.4, 0.5) is 10.1 Å². The van der Waals surface area contributed by atoms with Crippen LogP contribution in [0.2, 0.25) is 0 Å². The van der Waals surface area contributed by atoms with E-state index in [4.69, 9.17) is 0 Å². The van der Waals surface area contributed by atoms with Gasteiger partial charge in [0, 0.05) is 39.8 Å². The third-order valence-electron chi connectivity index (χ3n) is 6.47. The Kier molecular flexibility index (Phi) is 7.23. The molecule has 0 atom stereocenters. The summed E-state index contributed by atoms with van der Waals surface area (Å²) in [5.74, 6) is 0.235. The molecule has 0 saturated carbocycles. The highest BCUT2D eigenvalue weighted by Crippen LogP contribution is 2.29. The third-order valence-corrected chi connectivity index (χ3v) is 6.47. The number of nitrogens with one attached hydrogen (secondary N) is 3. The molecule has 4 heterocycles. The van der Waals surface area contributed by atoms with E-state index in [0.29, 0.717) is 17.3 Å². The van der Waals surface area contributed by atoms with Gasteiger partial charge < -0.3 is 10.3 Å². The average Bonchev–Trinajstić information content (AvgIpc) is 3.49. The van der Waals surface area contributed by atoms with Crippen LogP contribution in [0.5, 0.6) is 0 Å². The molecular formula is C32H31FN6. The number of aromatic nitrogens is 5. The highest BCUT2D eigenvalue weighted by Gasteiger charge is 2.13. The molecule has 0 saturated heterocycles. The molecule has 0 spiro atoms. The predicted octanol–water partition coefficient (Wildman–Crippen LogP) is 6.42. The Balaban J connectivity index is 1.43. The molecule has 4 aromatic heterocycles. The van der Waals surface area contributed by atoms with Crippen LogP contribution < -0.4 is 15.9 Å². The molecule has 0 unspecified atom stereocenters. The summed E-state index contributed by atoms with van der Waals surface area (Å²) in [7, 11) is 0. The molecule has 6 nitrogen and oxygen atoms in total. The zero-order valence-electron chi connectivity index (χ0n) is 22.3. The third kappa shape index (κ3) is 5.72. The number of benzene rings is 1. The van der Waals surface area contributed by atoms with Gasteiger partial charge in [0.05, 0.1) is 28.6 Å². The van der Waals surface area contributed by atoms with Gasteiger partial charge >= 0.3 is 0 Å². The zero-order valence-corrected chi connectivity index (χ0v) is 22.3. The van der Waals surface area contributed by atoms with Gasteiger partial charge in [-0.1, -0.05) is 45.2 Å². The Morgan fingerprint density at radius 1 is 1.13 bits per heavy atom. The van der Waals surface area contributed by atoms with Gasteiger partial charge in [-0.3, -0.25) is 15.1 Å². The Labute approximate surface area is 226 Å². The summed E-state index contributed by atoms with van der Waals surface area (Å²) in [5, 5.41) is 13.4. The lowest BCUT2D eigenvalue weighted by Gasteiger charge is -2.12. The Hall–Kier alpha value is -4.78. The smallest absolute Gasteiger partial charge is 0.123 e. The number of pyridine rings is 2. The maximum absolute atomic E-state index is 13.9. The molecule has 0 amide bonds. The van der Waals surface area contributed by atoms with Crippen molar-refractivity contribution in [2.75, 3.05) is 5.32 Å². The van der Waals surface area contributed by atoms with Crippen molar-refractivity contribution in [3.63, 3.8) is 0 Å². The lowest BCUT2D eigenvalue weighted by molar-refractivity contribution is 0.628. The average molecular weight is 519 g/mol. The molecule has 1 aromatic carbocycles. The van der Waals surface area contributed by atoms with Crippen molar-refractivity contribution in [3.8, 4) is 22.6 Å². The second kappa shape index (κ2) is 10.9. The largest absolute Gasteiger partial charge is 0.358 e. The summed E-state index contributed by atoms with van der Waals surface area (Å²) in [6.45, 7) is 14.8. The highest BCUT2D eigenvalue weighted by atomic mass is 19.1. The second-order valence-corrected chi connectivity index (χ2v) is 10.1. The molecule has 0 radical (unpaired) electrons. The van der Waals surface area contributed by atoms with Gasteiger partial charge in [-0.2, -0.15) is 5.10 Å². The van der Waals surface area contributed by atoms with Crippen molar-refractivity contribution in [2.45, 2.75) is 27.2 Å². The first kappa shape index (κ1) is 25.9. The molecule has 0 bridgehead atoms. The van der Waals surface area contributed by atoms with Crippen molar-refractivity contribution in [2.24, 2.45) is 5.92 Å². The number of anilines is 1. The monoisotopic (exact) mass is 518 g/mol. The van der Waals surface area contributed by atoms with Crippen molar-refractivity contribution in [1.82, 2.24) is 25.1 Å². The van der Waals surface area contributed by atoms with E-state index < -0.39 is 0 Å². The van der Waals surface area contributed by atoms with Gasteiger partial charge in [-0.25, -0.2) is 4.39 Å². The molecule has 0 aliphatic carbocycles. The SMILES string of the molecule is C=C(CC(C)C)Nc1cncc(/C(C)=C/C=c2/[nH]nc(-c3cc4c(-c5cccc(F)c5)nccc4[nH]3)c2=C)c1. The molecule has 0 aliphatic rings. The van der Waals surface area contributed by atoms with E-state index in [-0.39, 0.29) is 5.82 Å². The minimum atomic E-state index is -0.298. The maximum atomic E-state index is 13.9. The van der Waals surface area contributed by atoms with Crippen molar-refractivity contribution in [3.05, 3.63) is 101 Å². The topological polar surface area (TPSA) is 82.3 Å². The summed E-state index contributed by atoms with van der Waals surface area (Å²) < 4.78 is 13.9. The van der Waals surface area contributed by atoms with Crippen LogP contribution in [0, 0.1) is 11.7 Å². The summed E-state index contributed by atoms with van der Waals surface area (Å²) in [6.07, 6.45) is 10.2. The van der Waals surface area contributed by atoms with E-state index in [1.165, 1.54) is 12.1 Å². The number of H-pyrrole nitrogens is 2. The maximum Gasteiger partial charge on any atom is 0.123 e.